The highest BCUT2D eigenvalue weighted by atomic mass is 16.4. The van der Waals surface area contributed by atoms with E-state index in [2.05, 4.69) is 0 Å². The molecule has 4 heteroatoms. The Morgan fingerprint density at radius 2 is 2.13 bits per heavy atom. The number of aliphatic hydroxyl groups is 1. The average molecular weight is 206 g/mol. The molecule has 0 aliphatic rings. The Balaban J connectivity index is 2.73. The molecule has 0 radical (unpaired) electrons. The number of phenolic OH excluding ortho intramolecular Hbond substituents is 1. The Morgan fingerprint density at radius 1 is 1.33 bits per heavy atom. The van der Waals surface area contributed by atoms with Crippen LogP contribution in [-0.2, 0) is 6.42 Å². The second kappa shape index (κ2) is 3.74. The van der Waals surface area contributed by atoms with E-state index in [1.54, 1.807) is 18.2 Å². The molecule has 0 saturated carbocycles. The van der Waals surface area contributed by atoms with Gasteiger partial charge in [-0.2, -0.15) is 0 Å². The van der Waals surface area contributed by atoms with Crippen molar-refractivity contribution >= 4 is 10.8 Å². The van der Waals surface area contributed by atoms with Gasteiger partial charge in [-0.1, -0.05) is 12.1 Å². The van der Waals surface area contributed by atoms with Crippen LogP contribution in [0.1, 0.15) is 5.76 Å². The van der Waals surface area contributed by atoms with Gasteiger partial charge in [0.2, 0.25) is 0 Å². The molecule has 2 aromatic rings. The third-order valence-electron chi connectivity index (χ3n) is 2.18. The summed E-state index contributed by atoms with van der Waals surface area (Å²) in [6, 6.07) is 6.45. The summed E-state index contributed by atoms with van der Waals surface area (Å²) in [6.07, 6.45) is 0.292. The zero-order chi connectivity index (χ0) is 10.8. The number of aliphatic hydroxyl groups excluding tert-OH is 1. The Labute approximate surface area is 85.4 Å². The van der Waals surface area contributed by atoms with Crippen molar-refractivity contribution in [1.82, 2.24) is 0 Å². The number of aromatic hydroxyl groups is 1. The molecule has 0 bridgehead atoms. The Hall–Kier alpha value is -1.81. The van der Waals surface area contributed by atoms with E-state index in [-0.39, 0.29) is 17.7 Å². The van der Waals surface area contributed by atoms with Gasteiger partial charge >= 0.3 is 5.63 Å². The highest BCUT2D eigenvalue weighted by Gasteiger charge is 2.07. The van der Waals surface area contributed by atoms with Crippen LogP contribution in [0.4, 0.5) is 0 Å². The molecule has 0 amide bonds. The maximum atomic E-state index is 11.5. The third-order valence-corrected chi connectivity index (χ3v) is 2.18. The van der Waals surface area contributed by atoms with E-state index in [1.165, 1.54) is 6.07 Å². The van der Waals surface area contributed by atoms with Gasteiger partial charge in [0.25, 0.3) is 0 Å². The van der Waals surface area contributed by atoms with E-state index < -0.39 is 5.63 Å². The lowest BCUT2D eigenvalue weighted by Crippen LogP contribution is -2.03. The van der Waals surface area contributed by atoms with Crippen molar-refractivity contribution in [3.8, 4) is 5.75 Å². The monoisotopic (exact) mass is 206 g/mol. The molecule has 0 aliphatic heterocycles. The van der Waals surface area contributed by atoms with Crippen molar-refractivity contribution in [1.29, 1.82) is 0 Å². The first-order valence-corrected chi connectivity index (χ1v) is 4.58. The first-order chi connectivity index (χ1) is 7.22. The van der Waals surface area contributed by atoms with Crippen molar-refractivity contribution in [3.63, 3.8) is 0 Å². The van der Waals surface area contributed by atoms with Gasteiger partial charge in [-0.15, -0.1) is 0 Å². The molecule has 0 aliphatic carbocycles. The van der Waals surface area contributed by atoms with Crippen molar-refractivity contribution in [2.75, 3.05) is 6.61 Å². The summed E-state index contributed by atoms with van der Waals surface area (Å²) in [7, 11) is 0. The number of benzene rings is 1. The quantitative estimate of drug-likeness (QED) is 0.770. The fraction of sp³-hybridized carbons (Fsp3) is 0.182. The Bertz CT molecular complexity index is 542. The zero-order valence-electron chi connectivity index (χ0n) is 7.93. The topological polar surface area (TPSA) is 70.7 Å². The molecular formula is C11H10O4. The molecule has 1 heterocycles. The van der Waals surface area contributed by atoms with Gasteiger partial charge < -0.3 is 14.6 Å². The van der Waals surface area contributed by atoms with Crippen molar-refractivity contribution in [2.45, 2.75) is 6.42 Å². The summed E-state index contributed by atoms with van der Waals surface area (Å²) in [6.45, 7) is -0.0761. The van der Waals surface area contributed by atoms with E-state index in [9.17, 15) is 9.90 Å². The lowest BCUT2D eigenvalue weighted by molar-refractivity contribution is 0.285. The summed E-state index contributed by atoms with van der Waals surface area (Å²) in [5, 5.41) is 19.0. The molecule has 0 fully saturated rings. The number of fused-ring (bicyclic) bond motifs is 1. The van der Waals surface area contributed by atoms with Crippen molar-refractivity contribution in [2.24, 2.45) is 0 Å². The molecule has 0 spiro atoms. The van der Waals surface area contributed by atoms with E-state index in [4.69, 9.17) is 9.52 Å². The van der Waals surface area contributed by atoms with Gasteiger partial charge in [0.1, 0.15) is 16.9 Å². The van der Waals surface area contributed by atoms with Gasteiger partial charge in [-0.05, 0) is 17.5 Å². The number of hydrogen-bond acceptors (Lipinski definition) is 4. The second-order valence-electron chi connectivity index (χ2n) is 3.22. The Kier molecular flexibility index (Phi) is 2.43. The minimum Gasteiger partial charge on any atom is -0.507 e. The van der Waals surface area contributed by atoms with Crippen LogP contribution in [0, 0.1) is 0 Å². The van der Waals surface area contributed by atoms with Crippen LogP contribution in [0.3, 0.4) is 0 Å². The van der Waals surface area contributed by atoms with E-state index in [0.717, 1.165) is 0 Å². The van der Waals surface area contributed by atoms with Crippen molar-refractivity contribution in [3.05, 3.63) is 40.4 Å². The predicted octanol–water partition coefficient (Wildman–Crippen LogP) is 1.03. The molecule has 4 nitrogen and oxygen atoms in total. The second-order valence-corrected chi connectivity index (χ2v) is 3.22. The first-order valence-electron chi connectivity index (χ1n) is 4.58. The van der Waals surface area contributed by atoms with Crippen LogP contribution >= 0.6 is 0 Å². The average Bonchev–Trinajstić information content (AvgIpc) is 2.17. The highest BCUT2D eigenvalue weighted by molar-refractivity contribution is 5.86. The first kappa shape index (κ1) is 9.73. The molecule has 0 unspecified atom stereocenters. The maximum Gasteiger partial charge on any atom is 0.347 e. The lowest BCUT2D eigenvalue weighted by atomic mass is 10.1. The highest BCUT2D eigenvalue weighted by Crippen LogP contribution is 2.21. The molecule has 1 aromatic heterocycles. The Morgan fingerprint density at radius 3 is 2.87 bits per heavy atom. The SMILES string of the molecule is O=c1oc(CCO)cc2cccc(O)c12. The van der Waals surface area contributed by atoms with Crippen molar-refractivity contribution < 1.29 is 14.6 Å². The van der Waals surface area contributed by atoms with Gasteiger partial charge in [-0.25, -0.2) is 4.79 Å². The molecule has 1 aromatic carbocycles. The molecule has 0 saturated heterocycles. The maximum absolute atomic E-state index is 11.5. The van der Waals surface area contributed by atoms with Gasteiger partial charge in [0.05, 0.1) is 6.61 Å². The number of hydrogen-bond donors (Lipinski definition) is 2. The van der Waals surface area contributed by atoms with Crippen LogP contribution in [0.2, 0.25) is 0 Å². The lowest BCUT2D eigenvalue weighted by Gasteiger charge is -2.01. The standard InChI is InChI=1S/C11H10O4/c12-5-4-8-6-7-2-1-3-9(13)10(7)11(14)15-8/h1-3,6,12-13H,4-5H2. The van der Waals surface area contributed by atoms with Crippen LogP contribution in [0.5, 0.6) is 5.75 Å². The largest absolute Gasteiger partial charge is 0.507 e. The van der Waals surface area contributed by atoms with E-state index in [1.807, 2.05) is 0 Å². The van der Waals surface area contributed by atoms with Crippen LogP contribution < -0.4 is 5.63 Å². The van der Waals surface area contributed by atoms with E-state index in [0.29, 0.717) is 17.6 Å². The number of rotatable bonds is 2. The predicted molar refractivity (Wildman–Crippen MR) is 54.9 cm³/mol. The smallest absolute Gasteiger partial charge is 0.347 e. The van der Waals surface area contributed by atoms with Gasteiger partial charge in [0, 0.05) is 6.42 Å². The third kappa shape index (κ3) is 1.71. The zero-order valence-corrected chi connectivity index (χ0v) is 7.93. The summed E-state index contributed by atoms with van der Waals surface area (Å²) < 4.78 is 4.94. The molecule has 15 heavy (non-hydrogen) atoms. The summed E-state index contributed by atoms with van der Waals surface area (Å²) in [4.78, 5) is 11.5. The minimum absolute atomic E-state index is 0.0761. The molecule has 2 rings (SSSR count). The van der Waals surface area contributed by atoms with Crippen LogP contribution in [0.25, 0.3) is 10.8 Å². The molecular weight excluding hydrogens is 196 g/mol. The molecule has 0 atom stereocenters. The number of phenols is 1. The normalized spacial score (nSPS) is 10.7. The summed E-state index contributed by atoms with van der Waals surface area (Å²) in [5.74, 6) is 0.331. The molecule has 2 N–H and O–H groups in total. The fourth-order valence-corrected chi connectivity index (χ4v) is 1.51. The van der Waals surface area contributed by atoms with Gasteiger partial charge in [0.15, 0.2) is 0 Å². The van der Waals surface area contributed by atoms with E-state index >= 15 is 0 Å². The minimum atomic E-state index is -0.575. The van der Waals surface area contributed by atoms with Crippen LogP contribution in [-0.4, -0.2) is 16.8 Å². The fourth-order valence-electron chi connectivity index (χ4n) is 1.51. The summed E-state index contributed by atoms with van der Waals surface area (Å²) in [5.41, 5.74) is -0.575. The van der Waals surface area contributed by atoms with Gasteiger partial charge in [-0.3, -0.25) is 0 Å². The summed E-state index contributed by atoms with van der Waals surface area (Å²) >= 11 is 0. The molecule has 78 valence electrons. The van der Waals surface area contributed by atoms with Crippen LogP contribution in [0.15, 0.2) is 33.5 Å².